The summed E-state index contributed by atoms with van der Waals surface area (Å²) in [4.78, 5) is 26.1. The second-order valence-electron chi connectivity index (χ2n) is 5.49. The van der Waals surface area contributed by atoms with Crippen molar-refractivity contribution in [2.45, 2.75) is 18.4 Å². The normalized spacial score (nSPS) is 23.4. The van der Waals surface area contributed by atoms with Crippen molar-refractivity contribution in [2.24, 2.45) is 0 Å². The highest BCUT2D eigenvalue weighted by Gasteiger charge is 2.51. The lowest BCUT2D eigenvalue weighted by molar-refractivity contribution is 0.0639. The van der Waals surface area contributed by atoms with Crippen molar-refractivity contribution in [3.63, 3.8) is 0 Å². The van der Waals surface area contributed by atoms with E-state index in [-0.39, 0.29) is 29.6 Å². The van der Waals surface area contributed by atoms with Gasteiger partial charge in [-0.05, 0) is 36.2 Å². The first-order valence-corrected chi connectivity index (χ1v) is 6.89. The first kappa shape index (κ1) is 12.3. The van der Waals surface area contributed by atoms with Gasteiger partial charge in [-0.25, -0.2) is 4.39 Å². The maximum absolute atomic E-state index is 13.0. The summed E-state index contributed by atoms with van der Waals surface area (Å²) in [6.45, 7) is 0. The fraction of sp³-hybridized carbons (Fsp3) is 0.176. The highest BCUT2D eigenvalue weighted by molar-refractivity contribution is 6.21. The molecule has 1 saturated carbocycles. The number of carbonyl (C=O) groups excluding carboxylic acids is 2. The molecule has 0 radical (unpaired) electrons. The fourth-order valence-corrected chi connectivity index (χ4v) is 3.04. The molecular formula is C17H12FNO2. The Kier molecular flexibility index (Phi) is 2.48. The molecule has 0 saturated heterocycles. The zero-order chi connectivity index (χ0) is 14.6. The molecule has 0 bridgehead atoms. The Hall–Kier alpha value is -2.49. The van der Waals surface area contributed by atoms with Gasteiger partial charge in [0.1, 0.15) is 5.82 Å². The van der Waals surface area contributed by atoms with Gasteiger partial charge in [-0.2, -0.15) is 0 Å². The van der Waals surface area contributed by atoms with Gasteiger partial charge in [0, 0.05) is 12.0 Å². The fourth-order valence-electron chi connectivity index (χ4n) is 3.04. The molecule has 2 aromatic carbocycles. The van der Waals surface area contributed by atoms with E-state index in [0.717, 1.165) is 12.0 Å². The lowest BCUT2D eigenvalue weighted by Crippen LogP contribution is -2.32. The van der Waals surface area contributed by atoms with Gasteiger partial charge in [0.25, 0.3) is 11.8 Å². The Morgan fingerprint density at radius 1 is 0.905 bits per heavy atom. The van der Waals surface area contributed by atoms with Crippen LogP contribution in [0.15, 0.2) is 48.5 Å². The molecule has 0 aromatic heterocycles. The van der Waals surface area contributed by atoms with Crippen LogP contribution < -0.4 is 0 Å². The number of hydrogen-bond donors (Lipinski definition) is 0. The summed E-state index contributed by atoms with van der Waals surface area (Å²) in [7, 11) is 0. The molecule has 0 N–H and O–H groups in total. The lowest BCUT2D eigenvalue weighted by atomic mass is 10.1. The third kappa shape index (κ3) is 1.79. The first-order chi connectivity index (χ1) is 10.2. The topological polar surface area (TPSA) is 37.4 Å². The quantitative estimate of drug-likeness (QED) is 0.794. The van der Waals surface area contributed by atoms with Crippen LogP contribution in [0, 0.1) is 5.82 Å². The summed E-state index contributed by atoms with van der Waals surface area (Å²) in [5.41, 5.74) is 1.93. The summed E-state index contributed by atoms with van der Waals surface area (Å²) in [5, 5.41) is 0. The van der Waals surface area contributed by atoms with Gasteiger partial charge in [-0.1, -0.05) is 24.3 Å². The first-order valence-electron chi connectivity index (χ1n) is 6.89. The number of nitrogens with zero attached hydrogens (tertiary/aromatic N) is 1. The van der Waals surface area contributed by atoms with Crippen molar-refractivity contribution in [1.82, 2.24) is 4.90 Å². The summed E-state index contributed by atoms with van der Waals surface area (Å²) in [6, 6.07) is 13.0. The third-order valence-electron chi connectivity index (χ3n) is 4.21. The second kappa shape index (κ2) is 4.25. The minimum Gasteiger partial charge on any atom is -0.271 e. The zero-order valence-corrected chi connectivity index (χ0v) is 11.1. The van der Waals surface area contributed by atoms with Crippen LogP contribution >= 0.6 is 0 Å². The monoisotopic (exact) mass is 281 g/mol. The van der Waals surface area contributed by atoms with Crippen LogP contribution in [0.2, 0.25) is 0 Å². The molecule has 4 rings (SSSR count). The summed E-state index contributed by atoms with van der Waals surface area (Å²) < 4.78 is 13.0. The van der Waals surface area contributed by atoms with Crippen molar-refractivity contribution < 1.29 is 14.0 Å². The minimum absolute atomic E-state index is 0.108. The van der Waals surface area contributed by atoms with Crippen molar-refractivity contribution in [3.05, 3.63) is 71.0 Å². The number of rotatable bonds is 2. The van der Waals surface area contributed by atoms with Gasteiger partial charge in [0.05, 0.1) is 11.1 Å². The van der Waals surface area contributed by atoms with Crippen LogP contribution in [0.5, 0.6) is 0 Å². The number of fused-ring (bicyclic) bond motifs is 1. The molecule has 21 heavy (non-hydrogen) atoms. The number of carbonyl (C=O) groups is 2. The minimum atomic E-state index is -0.281. The Morgan fingerprint density at radius 2 is 1.48 bits per heavy atom. The number of amides is 2. The Labute approximate surface area is 121 Å². The van der Waals surface area contributed by atoms with E-state index in [4.69, 9.17) is 0 Å². The molecule has 2 amide bonds. The zero-order valence-electron chi connectivity index (χ0n) is 11.1. The maximum Gasteiger partial charge on any atom is 0.261 e. The van der Waals surface area contributed by atoms with Crippen molar-refractivity contribution >= 4 is 11.8 Å². The van der Waals surface area contributed by atoms with E-state index in [1.54, 1.807) is 36.4 Å². The van der Waals surface area contributed by atoms with E-state index in [1.165, 1.54) is 17.0 Å². The average Bonchev–Trinajstić information content (AvgIpc) is 3.23. The average molecular weight is 281 g/mol. The van der Waals surface area contributed by atoms with Gasteiger partial charge < -0.3 is 0 Å². The van der Waals surface area contributed by atoms with E-state index in [0.29, 0.717) is 11.1 Å². The number of imide groups is 1. The molecule has 1 heterocycles. The van der Waals surface area contributed by atoms with Gasteiger partial charge in [0.2, 0.25) is 0 Å². The molecule has 1 aliphatic heterocycles. The lowest BCUT2D eigenvalue weighted by Gasteiger charge is -2.13. The predicted molar refractivity (Wildman–Crippen MR) is 74.5 cm³/mol. The molecule has 2 aromatic rings. The summed E-state index contributed by atoms with van der Waals surface area (Å²) >= 11 is 0. The van der Waals surface area contributed by atoms with Crippen LogP contribution in [0.4, 0.5) is 4.39 Å². The van der Waals surface area contributed by atoms with E-state index in [9.17, 15) is 14.0 Å². The maximum atomic E-state index is 13.0. The number of hydrogen-bond acceptors (Lipinski definition) is 2. The predicted octanol–water partition coefficient (Wildman–Crippen LogP) is 2.98. The standard InChI is InChI=1S/C17H12FNO2/c18-11-7-5-10(6-8-11)14-9-15(14)19-16(20)12-3-1-2-4-13(12)17(19)21/h1-8,14-15H,9H2/t14?,15-/m1/s1. The molecule has 1 aliphatic carbocycles. The molecule has 1 unspecified atom stereocenters. The smallest absolute Gasteiger partial charge is 0.261 e. The van der Waals surface area contributed by atoms with Crippen LogP contribution in [0.3, 0.4) is 0 Å². The summed E-state index contributed by atoms with van der Waals surface area (Å²) in [5.74, 6) is -0.597. The Balaban J connectivity index is 1.61. The largest absolute Gasteiger partial charge is 0.271 e. The molecule has 0 spiro atoms. The highest BCUT2D eigenvalue weighted by Crippen LogP contribution is 2.47. The number of benzene rings is 2. The SMILES string of the molecule is O=C1c2ccccc2C(=O)N1[C@@H]1CC1c1ccc(F)cc1. The van der Waals surface area contributed by atoms with E-state index in [1.807, 2.05) is 0 Å². The molecule has 2 aliphatic rings. The Bertz CT molecular complexity index is 719. The van der Waals surface area contributed by atoms with Crippen LogP contribution in [0.1, 0.15) is 38.6 Å². The van der Waals surface area contributed by atoms with Gasteiger partial charge >= 0.3 is 0 Å². The number of halogens is 1. The molecule has 4 heteroatoms. The molecule has 2 atom stereocenters. The van der Waals surface area contributed by atoms with E-state index in [2.05, 4.69) is 0 Å². The molecule has 104 valence electrons. The third-order valence-corrected chi connectivity index (χ3v) is 4.21. The van der Waals surface area contributed by atoms with E-state index < -0.39 is 0 Å². The van der Waals surface area contributed by atoms with Crippen LogP contribution in [0.25, 0.3) is 0 Å². The Morgan fingerprint density at radius 3 is 2.05 bits per heavy atom. The highest BCUT2D eigenvalue weighted by atomic mass is 19.1. The van der Waals surface area contributed by atoms with Crippen molar-refractivity contribution in [2.75, 3.05) is 0 Å². The summed E-state index contributed by atoms with van der Waals surface area (Å²) in [6.07, 6.45) is 0.747. The van der Waals surface area contributed by atoms with Gasteiger partial charge in [-0.15, -0.1) is 0 Å². The molecular weight excluding hydrogens is 269 g/mol. The van der Waals surface area contributed by atoms with E-state index >= 15 is 0 Å². The van der Waals surface area contributed by atoms with Crippen molar-refractivity contribution in [1.29, 1.82) is 0 Å². The van der Waals surface area contributed by atoms with Gasteiger partial charge in [-0.3, -0.25) is 14.5 Å². The second-order valence-corrected chi connectivity index (χ2v) is 5.49. The van der Waals surface area contributed by atoms with Crippen LogP contribution in [-0.2, 0) is 0 Å². The molecule has 1 fully saturated rings. The van der Waals surface area contributed by atoms with Crippen molar-refractivity contribution in [3.8, 4) is 0 Å². The molecule has 3 nitrogen and oxygen atoms in total. The van der Waals surface area contributed by atoms with Crippen LogP contribution in [-0.4, -0.2) is 22.8 Å². The van der Waals surface area contributed by atoms with Gasteiger partial charge in [0.15, 0.2) is 0 Å².